The van der Waals surface area contributed by atoms with Gasteiger partial charge in [0.2, 0.25) is 0 Å². The molecule has 0 saturated carbocycles. The van der Waals surface area contributed by atoms with Gasteiger partial charge in [-0.15, -0.1) is 0 Å². The Kier molecular flexibility index (Phi) is 1.71. The van der Waals surface area contributed by atoms with Gasteiger partial charge in [0, 0.05) is 0 Å². The second kappa shape index (κ2) is 1.69. The molecule has 0 aromatic carbocycles. The zero-order valence-electron chi connectivity index (χ0n) is 2.97. The first kappa shape index (κ1) is 6.08. The molecule has 0 aliphatic carbocycles. The number of hydrogen-bond acceptors (Lipinski definition) is 1. The van der Waals surface area contributed by atoms with E-state index in [0.717, 1.165) is 0 Å². The molecule has 1 atom stereocenters. The Labute approximate surface area is 34.5 Å². The lowest BCUT2D eigenvalue weighted by Crippen LogP contribution is -1.92. The molecule has 0 saturated heterocycles. The molecule has 0 fully saturated rings. The highest BCUT2D eigenvalue weighted by molar-refractivity contribution is 7.55. The van der Waals surface area contributed by atoms with Crippen molar-refractivity contribution in [2.75, 3.05) is 6.42 Å². The van der Waals surface area contributed by atoms with Gasteiger partial charge in [-0.3, -0.25) is 10.1 Å². The summed E-state index contributed by atoms with van der Waals surface area (Å²) in [7, 11) is -3.81. The highest BCUT2D eigenvalue weighted by Crippen LogP contribution is 2.28. The average molecular weight is 113 g/mol. The SMILES string of the molecule is NP(=O)(O)CF. The first-order valence-electron chi connectivity index (χ1n) is 1.22. The van der Waals surface area contributed by atoms with Crippen LogP contribution in [0, 0.1) is 0 Å². The van der Waals surface area contributed by atoms with E-state index in [-0.39, 0.29) is 0 Å². The van der Waals surface area contributed by atoms with Crippen LogP contribution >= 0.6 is 7.52 Å². The lowest BCUT2D eigenvalue weighted by Gasteiger charge is -1.91. The van der Waals surface area contributed by atoms with Gasteiger partial charge in [0.25, 0.3) is 7.52 Å². The van der Waals surface area contributed by atoms with Crippen LogP contribution in [0.3, 0.4) is 0 Å². The van der Waals surface area contributed by atoms with Crippen LogP contribution in [0.2, 0.25) is 0 Å². The van der Waals surface area contributed by atoms with Gasteiger partial charge < -0.3 is 4.89 Å². The van der Waals surface area contributed by atoms with Gasteiger partial charge in [-0.25, -0.2) is 4.39 Å². The van der Waals surface area contributed by atoms with E-state index in [1.54, 1.807) is 0 Å². The van der Waals surface area contributed by atoms with Crippen molar-refractivity contribution in [3.05, 3.63) is 0 Å². The second-order valence-electron chi connectivity index (χ2n) is 0.875. The molecule has 0 aromatic rings. The minimum Gasteiger partial charge on any atom is -0.332 e. The molecule has 0 amide bonds. The molecule has 0 spiro atoms. The number of halogens is 1. The fraction of sp³-hybridized carbons (Fsp3) is 1.00. The van der Waals surface area contributed by atoms with Crippen LogP contribution in [-0.2, 0) is 4.57 Å². The third-order valence-corrected chi connectivity index (χ3v) is 0.514. The van der Waals surface area contributed by atoms with Gasteiger partial charge in [0.1, 0.15) is 0 Å². The van der Waals surface area contributed by atoms with Crippen LogP contribution in [-0.4, -0.2) is 11.3 Å². The quantitative estimate of drug-likeness (QED) is 0.472. The summed E-state index contributed by atoms with van der Waals surface area (Å²) in [6.45, 7) is 0. The van der Waals surface area contributed by atoms with Crippen molar-refractivity contribution < 1.29 is 13.8 Å². The third-order valence-electron chi connectivity index (χ3n) is 0.171. The summed E-state index contributed by atoms with van der Waals surface area (Å²) < 4.78 is 20.4. The Morgan fingerprint density at radius 2 is 2.17 bits per heavy atom. The maximum absolute atomic E-state index is 10.9. The van der Waals surface area contributed by atoms with Crippen molar-refractivity contribution >= 4 is 7.52 Å². The molecule has 0 heterocycles. The van der Waals surface area contributed by atoms with Gasteiger partial charge in [0.15, 0.2) is 6.42 Å². The van der Waals surface area contributed by atoms with Gasteiger partial charge in [-0.1, -0.05) is 0 Å². The summed E-state index contributed by atoms with van der Waals surface area (Å²) in [4.78, 5) is 7.78. The summed E-state index contributed by atoms with van der Waals surface area (Å²) in [6.07, 6.45) is -1.34. The minimum atomic E-state index is -3.81. The molecule has 3 nitrogen and oxygen atoms in total. The Morgan fingerprint density at radius 1 is 2.00 bits per heavy atom. The Balaban J connectivity index is 3.48. The zero-order chi connectivity index (χ0) is 5.21. The van der Waals surface area contributed by atoms with Crippen LogP contribution in [0.15, 0.2) is 0 Å². The van der Waals surface area contributed by atoms with E-state index in [0.29, 0.717) is 0 Å². The second-order valence-corrected chi connectivity index (χ2v) is 2.63. The molecule has 0 aromatic heterocycles. The van der Waals surface area contributed by atoms with Crippen LogP contribution in [0.25, 0.3) is 0 Å². The van der Waals surface area contributed by atoms with E-state index < -0.39 is 13.9 Å². The first-order valence-corrected chi connectivity index (χ1v) is 3.14. The summed E-state index contributed by atoms with van der Waals surface area (Å²) in [5.74, 6) is 0. The summed E-state index contributed by atoms with van der Waals surface area (Å²) in [5, 5.41) is 0. The van der Waals surface area contributed by atoms with E-state index in [4.69, 9.17) is 4.89 Å². The van der Waals surface area contributed by atoms with Crippen LogP contribution < -0.4 is 5.50 Å². The number of alkyl halides is 1. The summed E-state index contributed by atoms with van der Waals surface area (Å²) in [6, 6.07) is 0. The summed E-state index contributed by atoms with van der Waals surface area (Å²) in [5.41, 5.74) is 4.27. The Hall–Kier alpha value is 0.0800. The minimum absolute atomic E-state index is 1.34. The third kappa shape index (κ3) is 4.08. The highest BCUT2D eigenvalue weighted by atomic mass is 31.2. The number of rotatable bonds is 1. The van der Waals surface area contributed by atoms with Gasteiger partial charge >= 0.3 is 0 Å². The first-order chi connectivity index (χ1) is 2.56. The monoisotopic (exact) mass is 113 g/mol. The highest BCUT2D eigenvalue weighted by Gasteiger charge is 2.06. The van der Waals surface area contributed by atoms with Gasteiger partial charge in [-0.05, 0) is 0 Å². The van der Waals surface area contributed by atoms with Crippen molar-refractivity contribution in [2.24, 2.45) is 5.50 Å². The lowest BCUT2D eigenvalue weighted by atomic mass is 11.8. The van der Waals surface area contributed by atoms with E-state index in [9.17, 15) is 8.96 Å². The molecule has 0 radical (unpaired) electrons. The number of hydrogen-bond donors (Lipinski definition) is 2. The zero-order valence-corrected chi connectivity index (χ0v) is 3.86. The average Bonchev–Trinajstić information content (AvgIpc) is 1.35. The molecular formula is CH5FNO2P. The maximum atomic E-state index is 10.9. The molecule has 38 valence electrons. The van der Waals surface area contributed by atoms with Crippen LogP contribution in [0.4, 0.5) is 4.39 Å². The molecule has 0 aliphatic rings. The Morgan fingerprint density at radius 3 is 2.17 bits per heavy atom. The van der Waals surface area contributed by atoms with Crippen molar-refractivity contribution in [3.63, 3.8) is 0 Å². The van der Waals surface area contributed by atoms with Crippen LogP contribution in [0.1, 0.15) is 0 Å². The largest absolute Gasteiger partial charge is 0.332 e. The lowest BCUT2D eigenvalue weighted by molar-refractivity contribution is 0.444. The van der Waals surface area contributed by atoms with E-state index >= 15 is 0 Å². The van der Waals surface area contributed by atoms with E-state index in [1.165, 1.54) is 0 Å². The van der Waals surface area contributed by atoms with Crippen LogP contribution in [0.5, 0.6) is 0 Å². The fourth-order valence-corrected chi connectivity index (χ4v) is 0. The standard InChI is InChI=1S/CH5FNO2P/c2-1-6(3,4)5/h1H2,(H3,3,4,5). The molecule has 3 N–H and O–H groups in total. The van der Waals surface area contributed by atoms with E-state index in [2.05, 4.69) is 5.50 Å². The molecule has 1 unspecified atom stereocenters. The smallest absolute Gasteiger partial charge is 0.295 e. The molecule has 6 heavy (non-hydrogen) atoms. The number of nitrogens with two attached hydrogens (primary N) is 1. The van der Waals surface area contributed by atoms with Crippen molar-refractivity contribution in [1.29, 1.82) is 0 Å². The topological polar surface area (TPSA) is 63.3 Å². The van der Waals surface area contributed by atoms with E-state index in [1.807, 2.05) is 0 Å². The molecular weight excluding hydrogens is 108 g/mol. The van der Waals surface area contributed by atoms with Gasteiger partial charge in [-0.2, -0.15) is 0 Å². The predicted octanol–water partition coefficient (Wildman–Crippen LogP) is 0.0575. The normalized spacial score (nSPS) is 19.8. The van der Waals surface area contributed by atoms with Crippen molar-refractivity contribution in [2.45, 2.75) is 0 Å². The Bertz CT molecular complexity index is 77.6. The molecule has 5 heteroatoms. The fourth-order valence-electron chi connectivity index (χ4n) is 0. The molecule has 0 bridgehead atoms. The molecule has 0 aliphatic heterocycles. The van der Waals surface area contributed by atoms with Crippen molar-refractivity contribution in [1.82, 2.24) is 0 Å². The molecule has 0 rings (SSSR count). The van der Waals surface area contributed by atoms with Crippen molar-refractivity contribution in [3.8, 4) is 0 Å². The predicted molar refractivity (Wildman–Crippen MR) is 20.0 cm³/mol. The maximum Gasteiger partial charge on any atom is 0.295 e. The van der Waals surface area contributed by atoms with Gasteiger partial charge in [0.05, 0.1) is 0 Å². The summed E-state index contributed by atoms with van der Waals surface area (Å²) >= 11 is 0.